The van der Waals surface area contributed by atoms with E-state index in [-0.39, 0.29) is 0 Å². The number of amides is 2. The molecule has 0 aromatic rings. The van der Waals surface area contributed by atoms with Crippen LogP contribution in [0.3, 0.4) is 0 Å². The Labute approximate surface area is 63.3 Å². The number of carbonyl (C=O) groups excluding carboxylic acids is 1. The normalized spacial score (nSPS) is 23.8. The SMILES string of the molecule is CC1=NN(C(=O)O)C(=O)C1C. The highest BCUT2D eigenvalue weighted by Crippen LogP contribution is 2.14. The molecular weight excluding hydrogens is 148 g/mol. The van der Waals surface area contributed by atoms with Gasteiger partial charge in [0.2, 0.25) is 0 Å². The summed E-state index contributed by atoms with van der Waals surface area (Å²) < 4.78 is 0. The quantitative estimate of drug-likeness (QED) is 0.555. The van der Waals surface area contributed by atoms with E-state index in [1.165, 1.54) is 0 Å². The number of hydrazone groups is 1. The fraction of sp³-hybridized carbons (Fsp3) is 0.500. The largest absolute Gasteiger partial charge is 0.463 e. The molecule has 1 atom stereocenters. The smallest absolute Gasteiger partial charge is 0.435 e. The van der Waals surface area contributed by atoms with Crippen LogP contribution in [0, 0.1) is 5.92 Å². The summed E-state index contributed by atoms with van der Waals surface area (Å²) in [6, 6.07) is 0. The molecule has 1 N–H and O–H groups in total. The molecule has 0 saturated heterocycles. The van der Waals surface area contributed by atoms with E-state index in [1.54, 1.807) is 13.8 Å². The molecule has 11 heavy (non-hydrogen) atoms. The van der Waals surface area contributed by atoms with Gasteiger partial charge in [-0.15, -0.1) is 5.01 Å². The van der Waals surface area contributed by atoms with Crippen molar-refractivity contribution >= 4 is 17.7 Å². The summed E-state index contributed by atoms with van der Waals surface area (Å²) in [7, 11) is 0. The van der Waals surface area contributed by atoms with E-state index in [2.05, 4.69) is 5.10 Å². The van der Waals surface area contributed by atoms with Gasteiger partial charge < -0.3 is 5.11 Å². The second-order valence-corrected chi connectivity index (χ2v) is 2.40. The second kappa shape index (κ2) is 2.34. The topological polar surface area (TPSA) is 70.0 Å². The summed E-state index contributed by atoms with van der Waals surface area (Å²) in [5, 5.41) is 12.4. The molecule has 1 heterocycles. The summed E-state index contributed by atoms with van der Waals surface area (Å²) in [5.74, 6) is -0.874. The maximum absolute atomic E-state index is 11.0. The lowest BCUT2D eigenvalue weighted by Crippen LogP contribution is -2.29. The van der Waals surface area contributed by atoms with Crippen LogP contribution >= 0.6 is 0 Å². The van der Waals surface area contributed by atoms with Gasteiger partial charge in [-0.2, -0.15) is 5.10 Å². The Balaban J connectivity index is 2.89. The van der Waals surface area contributed by atoms with Crippen molar-refractivity contribution in [2.24, 2.45) is 11.0 Å². The van der Waals surface area contributed by atoms with Gasteiger partial charge in [0.1, 0.15) is 0 Å². The Kier molecular flexibility index (Phi) is 1.64. The number of nitrogens with zero attached hydrogens (tertiary/aromatic N) is 2. The first kappa shape index (κ1) is 7.71. The molecule has 60 valence electrons. The Morgan fingerprint density at radius 1 is 1.73 bits per heavy atom. The minimum atomic E-state index is -1.32. The van der Waals surface area contributed by atoms with E-state index in [9.17, 15) is 9.59 Å². The third-order valence-electron chi connectivity index (χ3n) is 1.64. The zero-order valence-electron chi connectivity index (χ0n) is 6.24. The van der Waals surface area contributed by atoms with Gasteiger partial charge in [0.15, 0.2) is 0 Å². The van der Waals surface area contributed by atoms with Crippen LogP contribution in [0.5, 0.6) is 0 Å². The molecule has 2 amide bonds. The summed E-state index contributed by atoms with van der Waals surface area (Å²) in [6.07, 6.45) is -1.32. The van der Waals surface area contributed by atoms with Crippen molar-refractivity contribution in [2.75, 3.05) is 0 Å². The van der Waals surface area contributed by atoms with Gasteiger partial charge in [0.25, 0.3) is 5.91 Å². The minimum absolute atomic E-state index is 0.397. The first-order chi connectivity index (χ1) is 5.04. The monoisotopic (exact) mass is 156 g/mol. The summed E-state index contributed by atoms with van der Waals surface area (Å²) >= 11 is 0. The molecule has 0 spiro atoms. The molecule has 1 unspecified atom stereocenters. The predicted molar refractivity (Wildman–Crippen MR) is 37.1 cm³/mol. The summed E-state index contributed by atoms with van der Waals surface area (Å²) in [4.78, 5) is 21.3. The Morgan fingerprint density at radius 3 is 2.45 bits per heavy atom. The molecule has 0 bridgehead atoms. The van der Waals surface area contributed by atoms with E-state index < -0.39 is 17.9 Å². The molecule has 0 aromatic heterocycles. The zero-order valence-corrected chi connectivity index (χ0v) is 6.24. The molecule has 0 aliphatic carbocycles. The second-order valence-electron chi connectivity index (χ2n) is 2.40. The number of imide groups is 1. The molecular formula is C6H8N2O3. The van der Waals surface area contributed by atoms with Gasteiger partial charge >= 0.3 is 6.09 Å². The molecule has 1 aliphatic rings. The van der Waals surface area contributed by atoms with E-state index in [0.29, 0.717) is 10.7 Å². The van der Waals surface area contributed by atoms with Crippen LogP contribution in [0.1, 0.15) is 13.8 Å². The predicted octanol–water partition coefficient (Wildman–Crippen LogP) is 0.519. The number of hydrogen-bond donors (Lipinski definition) is 1. The number of rotatable bonds is 0. The fourth-order valence-corrected chi connectivity index (χ4v) is 0.793. The first-order valence-corrected chi connectivity index (χ1v) is 3.16. The van der Waals surface area contributed by atoms with Crippen LogP contribution in [-0.4, -0.2) is 27.8 Å². The van der Waals surface area contributed by atoms with Gasteiger partial charge in [0.05, 0.1) is 5.92 Å². The van der Waals surface area contributed by atoms with Crippen LogP contribution < -0.4 is 0 Å². The van der Waals surface area contributed by atoms with Crippen molar-refractivity contribution in [1.82, 2.24) is 5.01 Å². The maximum Gasteiger partial charge on any atom is 0.435 e. The molecule has 0 fully saturated rings. The molecule has 0 aromatic carbocycles. The average Bonchev–Trinajstić information content (AvgIpc) is 2.17. The van der Waals surface area contributed by atoms with Crippen LogP contribution in [-0.2, 0) is 4.79 Å². The van der Waals surface area contributed by atoms with Gasteiger partial charge in [-0.3, -0.25) is 4.79 Å². The van der Waals surface area contributed by atoms with Crippen molar-refractivity contribution in [3.05, 3.63) is 0 Å². The molecule has 1 aliphatic heterocycles. The fourth-order valence-electron chi connectivity index (χ4n) is 0.793. The Morgan fingerprint density at radius 2 is 2.27 bits per heavy atom. The van der Waals surface area contributed by atoms with Crippen molar-refractivity contribution in [2.45, 2.75) is 13.8 Å². The van der Waals surface area contributed by atoms with Crippen LogP contribution in [0.2, 0.25) is 0 Å². The lowest BCUT2D eigenvalue weighted by molar-refractivity contribution is -0.129. The highest BCUT2D eigenvalue weighted by molar-refractivity contribution is 6.11. The van der Waals surface area contributed by atoms with Crippen LogP contribution in [0.15, 0.2) is 5.10 Å². The van der Waals surface area contributed by atoms with Crippen molar-refractivity contribution in [1.29, 1.82) is 0 Å². The molecule has 0 radical (unpaired) electrons. The Bertz CT molecular complexity index is 246. The number of hydrogen-bond acceptors (Lipinski definition) is 3. The molecule has 5 nitrogen and oxygen atoms in total. The van der Waals surface area contributed by atoms with Crippen molar-refractivity contribution in [3.63, 3.8) is 0 Å². The van der Waals surface area contributed by atoms with Gasteiger partial charge in [-0.25, -0.2) is 4.79 Å². The average molecular weight is 156 g/mol. The summed E-state index contributed by atoms with van der Waals surface area (Å²) in [5.41, 5.74) is 0.539. The minimum Gasteiger partial charge on any atom is -0.463 e. The van der Waals surface area contributed by atoms with Crippen molar-refractivity contribution in [3.8, 4) is 0 Å². The molecule has 0 saturated carbocycles. The number of carboxylic acid groups (broad SMARTS) is 1. The van der Waals surface area contributed by atoms with E-state index in [1.807, 2.05) is 0 Å². The van der Waals surface area contributed by atoms with Crippen LogP contribution in [0.25, 0.3) is 0 Å². The van der Waals surface area contributed by atoms with Gasteiger partial charge in [0, 0.05) is 5.71 Å². The van der Waals surface area contributed by atoms with E-state index >= 15 is 0 Å². The van der Waals surface area contributed by atoms with Crippen LogP contribution in [0.4, 0.5) is 4.79 Å². The third-order valence-corrected chi connectivity index (χ3v) is 1.64. The summed E-state index contributed by atoms with van der Waals surface area (Å²) in [6.45, 7) is 3.26. The first-order valence-electron chi connectivity index (χ1n) is 3.16. The Hall–Kier alpha value is -1.39. The van der Waals surface area contributed by atoms with E-state index in [4.69, 9.17) is 5.11 Å². The third kappa shape index (κ3) is 1.09. The molecule has 1 rings (SSSR count). The van der Waals surface area contributed by atoms with Crippen molar-refractivity contribution < 1.29 is 14.7 Å². The van der Waals surface area contributed by atoms with Gasteiger partial charge in [-0.05, 0) is 13.8 Å². The molecule has 5 heteroatoms. The van der Waals surface area contributed by atoms with E-state index in [0.717, 1.165) is 0 Å². The van der Waals surface area contributed by atoms with Gasteiger partial charge in [-0.1, -0.05) is 0 Å². The highest BCUT2D eigenvalue weighted by Gasteiger charge is 2.33. The maximum atomic E-state index is 11.0. The highest BCUT2D eigenvalue weighted by atomic mass is 16.4. The number of carbonyl (C=O) groups is 2. The zero-order chi connectivity index (χ0) is 8.59. The standard InChI is InChI=1S/C6H8N2O3/c1-3-4(2)7-8(5(3)9)6(10)11/h3H,1-2H3,(H,10,11). The lowest BCUT2D eigenvalue weighted by atomic mass is 10.1. The lowest BCUT2D eigenvalue weighted by Gasteiger charge is -2.03.